The van der Waals surface area contributed by atoms with E-state index < -0.39 is 0 Å². The van der Waals surface area contributed by atoms with E-state index in [1.54, 1.807) is 0 Å². The van der Waals surface area contributed by atoms with E-state index >= 15 is 0 Å². The molecule has 1 aromatic carbocycles. The standard InChI is InChI=1S/C26H24N6O/c33-26-24(20-4-2-1-3-5-21(20)30-26)25-28-22-7-6-19(16-23(22)29-25)32-14-12-31(13-15-32)17-18-8-10-27-11-9-18/h1-11,16H,12-15,17H2,(H,28,29)(H,30,33). The van der Waals surface area contributed by atoms with Gasteiger partial charge in [-0.1, -0.05) is 24.3 Å². The van der Waals surface area contributed by atoms with Crippen molar-refractivity contribution in [1.82, 2.24) is 24.8 Å². The number of hydrogen-bond acceptors (Lipinski definition) is 5. The fourth-order valence-electron chi connectivity index (χ4n) is 4.64. The number of benzene rings is 1. The molecule has 7 heteroatoms. The van der Waals surface area contributed by atoms with Crippen molar-refractivity contribution < 1.29 is 0 Å². The Morgan fingerprint density at radius 2 is 1.70 bits per heavy atom. The summed E-state index contributed by atoms with van der Waals surface area (Å²) in [4.78, 5) is 32.7. The summed E-state index contributed by atoms with van der Waals surface area (Å²) in [7, 11) is 0. The number of fused-ring (bicyclic) bond motifs is 2. The largest absolute Gasteiger partial charge is 0.369 e. The lowest BCUT2D eigenvalue weighted by molar-refractivity contribution is 0.250. The average molecular weight is 437 g/mol. The average Bonchev–Trinajstić information content (AvgIpc) is 3.31. The molecule has 0 unspecified atom stereocenters. The molecule has 1 saturated heterocycles. The molecule has 0 radical (unpaired) electrons. The number of pyridine rings is 1. The van der Waals surface area contributed by atoms with Crippen LogP contribution >= 0.6 is 0 Å². The Kier molecular flexibility index (Phi) is 4.88. The van der Waals surface area contributed by atoms with Gasteiger partial charge >= 0.3 is 0 Å². The first kappa shape index (κ1) is 19.7. The van der Waals surface area contributed by atoms with E-state index in [-0.39, 0.29) is 5.56 Å². The normalized spacial score (nSPS) is 14.8. The molecule has 3 aliphatic rings. The minimum Gasteiger partial charge on any atom is -0.369 e. The van der Waals surface area contributed by atoms with Crippen LogP contribution in [0.1, 0.15) is 5.56 Å². The van der Waals surface area contributed by atoms with Gasteiger partial charge in [0.15, 0.2) is 0 Å². The summed E-state index contributed by atoms with van der Waals surface area (Å²) < 4.78 is 0. The summed E-state index contributed by atoms with van der Waals surface area (Å²) in [6.45, 7) is 4.93. The van der Waals surface area contributed by atoms with Crippen molar-refractivity contribution in [2.45, 2.75) is 6.54 Å². The molecule has 6 rings (SSSR count). The lowest BCUT2D eigenvalue weighted by Gasteiger charge is -2.36. The van der Waals surface area contributed by atoms with Crippen molar-refractivity contribution in [1.29, 1.82) is 0 Å². The van der Waals surface area contributed by atoms with E-state index in [1.807, 2.05) is 48.8 Å². The molecule has 1 aliphatic carbocycles. The van der Waals surface area contributed by atoms with Crippen LogP contribution in [0.2, 0.25) is 0 Å². The molecule has 0 amide bonds. The first-order valence-electron chi connectivity index (χ1n) is 11.2. The van der Waals surface area contributed by atoms with E-state index in [9.17, 15) is 4.79 Å². The molecule has 164 valence electrons. The monoisotopic (exact) mass is 436 g/mol. The van der Waals surface area contributed by atoms with E-state index in [2.05, 4.69) is 49.0 Å². The van der Waals surface area contributed by atoms with Crippen LogP contribution in [0.5, 0.6) is 0 Å². The number of nitrogens with zero attached hydrogens (tertiary/aromatic N) is 4. The van der Waals surface area contributed by atoms with Crippen LogP contribution < -0.4 is 10.5 Å². The first-order valence-corrected chi connectivity index (χ1v) is 11.2. The van der Waals surface area contributed by atoms with E-state index in [1.165, 1.54) is 11.3 Å². The van der Waals surface area contributed by atoms with Crippen molar-refractivity contribution in [3.05, 3.63) is 89.0 Å². The van der Waals surface area contributed by atoms with E-state index in [0.29, 0.717) is 11.4 Å². The van der Waals surface area contributed by atoms with Gasteiger partial charge in [0.2, 0.25) is 0 Å². The topological polar surface area (TPSA) is 80.9 Å². The fraction of sp³-hybridized carbons (Fsp3) is 0.192. The summed E-state index contributed by atoms with van der Waals surface area (Å²) in [6, 6.07) is 20.1. The Labute approximate surface area is 191 Å². The van der Waals surface area contributed by atoms with Gasteiger partial charge < -0.3 is 14.9 Å². The Morgan fingerprint density at radius 1 is 0.879 bits per heavy atom. The fourth-order valence-corrected chi connectivity index (χ4v) is 4.64. The Hall–Kier alpha value is -3.97. The molecule has 7 nitrogen and oxygen atoms in total. The highest BCUT2D eigenvalue weighted by atomic mass is 16.1. The Bertz CT molecular complexity index is 1430. The summed E-state index contributed by atoms with van der Waals surface area (Å²) in [5.74, 6) is 0.603. The second-order valence-corrected chi connectivity index (χ2v) is 8.47. The smallest absolute Gasteiger partial charge is 0.260 e. The van der Waals surface area contributed by atoms with Gasteiger partial charge in [-0.2, -0.15) is 0 Å². The quantitative estimate of drug-likeness (QED) is 0.449. The SMILES string of the molecule is O=c1[nH]c2cccccc-2c1-c1nc2ccc(N3CCN(Cc4ccncc4)CC3)cc2[nH]1. The number of imidazole rings is 1. The number of aromatic amines is 2. The van der Waals surface area contributed by atoms with Crippen LogP contribution in [0.25, 0.3) is 33.7 Å². The first-order chi connectivity index (χ1) is 16.2. The molecule has 2 N–H and O–H groups in total. The number of aromatic nitrogens is 4. The molecule has 4 heterocycles. The minimum absolute atomic E-state index is 0.124. The third-order valence-corrected chi connectivity index (χ3v) is 6.38. The van der Waals surface area contributed by atoms with Crippen LogP contribution in [0, 0.1) is 0 Å². The zero-order chi connectivity index (χ0) is 22.2. The number of rotatable bonds is 4. The molecular formula is C26H24N6O. The molecule has 33 heavy (non-hydrogen) atoms. The van der Waals surface area contributed by atoms with Crippen molar-refractivity contribution in [3.8, 4) is 22.6 Å². The third kappa shape index (κ3) is 3.76. The summed E-state index contributed by atoms with van der Waals surface area (Å²) in [6.07, 6.45) is 3.71. The highest BCUT2D eigenvalue weighted by Crippen LogP contribution is 2.30. The van der Waals surface area contributed by atoms with Gasteiger partial charge in [-0.3, -0.25) is 14.7 Å². The lowest BCUT2D eigenvalue weighted by atomic mass is 10.1. The molecule has 0 spiro atoms. The molecule has 2 aromatic heterocycles. The summed E-state index contributed by atoms with van der Waals surface area (Å²) in [5.41, 5.74) is 6.42. The van der Waals surface area contributed by atoms with Gasteiger partial charge in [0.05, 0.1) is 16.6 Å². The number of piperazine rings is 1. The van der Waals surface area contributed by atoms with E-state index in [0.717, 1.165) is 55.0 Å². The number of H-pyrrole nitrogens is 2. The second kappa shape index (κ2) is 8.18. The van der Waals surface area contributed by atoms with Gasteiger partial charge in [-0.25, -0.2) is 4.98 Å². The number of hydrogen-bond donors (Lipinski definition) is 2. The molecule has 1 fully saturated rings. The van der Waals surface area contributed by atoms with E-state index in [4.69, 9.17) is 4.98 Å². The highest BCUT2D eigenvalue weighted by Gasteiger charge is 2.20. The zero-order valence-corrected chi connectivity index (χ0v) is 18.2. The molecule has 0 saturated carbocycles. The van der Waals surface area contributed by atoms with Crippen molar-refractivity contribution in [2.24, 2.45) is 0 Å². The second-order valence-electron chi connectivity index (χ2n) is 8.47. The molecule has 0 atom stereocenters. The van der Waals surface area contributed by atoms with Crippen molar-refractivity contribution in [3.63, 3.8) is 0 Å². The van der Waals surface area contributed by atoms with Crippen LogP contribution in [0.15, 0.2) is 77.9 Å². The van der Waals surface area contributed by atoms with Crippen LogP contribution in [-0.4, -0.2) is 51.0 Å². The summed E-state index contributed by atoms with van der Waals surface area (Å²) in [5, 5.41) is 0. The Balaban J connectivity index is 1.23. The van der Waals surface area contributed by atoms with Crippen molar-refractivity contribution >= 4 is 16.7 Å². The van der Waals surface area contributed by atoms with Gasteiger partial charge in [0, 0.05) is 62.1 Å². The maximum Gasteiger partial charge on any atom is 0.260 e. The number of nitrogens with one attached hydrogen (secondary N) is 2. The third-order valence-electron chi connectivity index (χ3n) is 6.38. The molecular weight excluding hydrogens is 412 g/mol. The van der Waals surface area contributed by atoms with Crippen LogP contribution in [-0.2, 0) is 6.54 Å². The molecule has 3 aromatic rings. The zero-order valence-electron chi connectivity index (χ0n) is 18.2. The lowest BCUT2D eigenvalue weighted by Crippen LogP contribution is -2.45. The maximum absolute atomic E-state index is 12.7. The van der Waals surface area contributed by atoms with Crippen LogP contribution in [0.3, 0.4) is 0 Å². The Morgan fingerprint density at radius 3 is 2.55 bits per heavy atom. The molecule has 0 bridgehead atoms. The predicted molar refractivity (Wildman–Crippen MR) is 130 cm³/mol. The van der Waals surface area contributed by atoms with Crippen LogP contribution in [0.4, 0.5) is 5.69 Å². The summed E-state index contributed by atoms with van der Waals surface area (Å²) >= 11 is 0. The minimum atomic E-state index is -0.124. The van der Waals surface area contributed by atoms with Gasteiger partial charge in [0.1, 0.15) is 5.82 Å². The van der Waals surface area contributed by atoms with Crippen molar-refractivity contribution in [2.75, 3.05) is 31.1 Å². The number of anilines is 1. The maximum atomic E-state index is 12.7. The van der Waals surface area contributed by atoms with Gasteiger partial charge in [0.25, 0.3) is 5.56 Å². The molecule has 2 aliphatic heterocycles. The van der Waals surface area contributed by atoms with Gasteiger partial charge in [-0.05, 0) is 42.0 Å². The highest BCUT2D eigenvalue weighted by molar-refractivity contribution is 5.87. The van der Waals surface area contributed by atoms with Gasteiger partial charge in [-0.15, -0.1) is 0 Å². The predicted octanol–water partition coefficient (Wildman–Crippen LogP) is 3.74.